The van der Waals surface area contributed by atoms with Crippen LogP contribution in [0.5, 0.6) is 0 Å². The van der Waals surface area contributed by atoms with Crippen molar-refractivity contribution in [3.05, 3.63) is 39.7 Å². The Bertz CT molecular complexity index is 614. The molecule has 0 spiro atoms. The molecule has 0 aliphatic carbocycles. The minimum atomic E-state index is -0.463. The lowest BCUT2D eigenvalue weighted by Crippen LogP contribution is -2.05. The Kier molecular flexibility index (Phi) is 4.60. The molecule has 4 nitrogen and oxygen atoms in total. The third-order valence-electron chi connectivity index (χ3n) is 2.78. The monoisotopic (exact) mass is 337 g/mol. The van der Waals surface area contributed by atoms with Crippen LogP contribution in [0.1, 0.15) is 35.7 Å². The topological polar surface area (TPSA) is 52.3 Å². The van der Waals surface area contributed by atoms with Crippen LogP contribution < -0.4 is 0 Å². The Balaban J connectivity index is 2.45. The zero-order chi connectivity index (χ0) is 14.7. The van der Waals surface area contributed by atoms with E-state index in [0.29, 0.717) is 24.6 Å². The average Bonchev–Trinajstić information content (AvgIpc) is 2.82. The van der Waals surface area contributed by atoms with Crippen LogP contribution in [0.4, 0.5) is 0 Å². The van der Waals surface area contributed by atoms with Gasteiger partial charge in [-0.3, -0.25) is 0 Å². The van der Waals surface area contributed by atoms with E-state index in [4.69, 9.17) is 9.15 Å². The van der Waals surface area contributed by atoms with E-state index in [1.54, 1.807) is 6.92 Å². The van der Waals surface area contributed by atoms with E-state index in [9.17, 15) is 4.79 Å². The van der Waals surface area contributed by atoms with Crippen molar-refractivity contribution in [3.8, 4) is 11.5 Å². The molecule has 0 fully saturated rings. The normalized spacial score (nSPS) is 10.6. The Morgan fingerprint density at radius 3 is 2.70 bits per heavy atom. The van der Waals surface area contributed by atoms with E-state index >= 15 is 0 Å². The molecule has 0 bridgehead atoms. The number of carbonyl (C=O) groups excluding carboxylic acids is 1. The number of carbonyl (C=O) groups is 1. The van der Waals surface area contributed by atoms with E-state index in [1.165, 1.54) is 0 Å². The number of rotatable bonds is 4. The molecular weight excluding hydrogens is 322 g/mol. The van der Waals surface area contributed by atoms with Gasteiger partial charge in [0.05, 0.1) is 12.3 Å². The minimum Gasteiger partial charge on any atom is -0.460 e. The fraction of sp³-hybridized carbons (Fsp3) is 0.333. The van der Waals surface area contributed by atoms with Crippen molar-refractivity contribution in [1.82, 2.24) is 4.98 Å². The van der Waals surface area contributed by atoms with Crippen molar-refractivity contribution in [1.29, 1.82) is 0 Å². The largest absolute Gasteiger partial charge is 0.460 e. The number of nitrogens with zero attached hydrogens (tertiary/aromatic N) is 1. The second-order valence-corrected chi connectivity index (χ2v) is 5.30. The SMILES string of the molecule is CCOC(=O)c1oc(-c2cc(C)cc(Br)c2)nc1CC. The fourth-order valence-electron chi connectivity index (χ4n) is 1.93. The fourth-order valence-corrected chi connectivity index (χ4v) is 2.54. The van der Waals surface area contributed by atoms with E-state index in [2.05, 4.69) is 20.9 Å². The lowest BCUT2D eigenvalue weighted by Gasteiger charge is -2.00. The highest BCUT2D eigenvalue weighted by Gasteiger charge is 2.21. The number of halogens is 1. The highest BCUT2D eigenvalue weighted by molar-refractivity contribution is 9.10. The van der Waals surface area contributed by atoms with E-state index in [0.717, 1.165) is 15.6 Å². The lowest BCUT2D eigenvalue weighted by molar-refractivity contribution is 0.0489. The smallest absolute Gasteiger partial charge is 0.376 e. The first-order valence-corrected chi connectivity index (χ1v) is 7.28. The molecule has 0 amide bonds. The molecule has 0 radical (unpaired) electrons. The average molecular weight is 338 g/mol. The van der Waals surface area contributed by atoms with Crippen LogP contribution >= 0.6 is 15.9 Å². The van der Waals surface area contributed by atoms with Gasteiger partial charge in [0.1, 0.15) is 0 Å². The van der Waals surface area contributed by atoms with Gasteiger partial charge in [-0.25, -0.2) is 9.78 Å². The van der Waals surface area contributed by atoms with Crippen LogP contribution in [0.15, 0.2) is 27.1 Å². The number of oxazole rings is 1. The van der Waals surface area contributed by atoms with Gasteiger partial charge in [0.15, 0.2) is 0 Å². The Hall–Kier alpha value is -1.62. The number of aryl methyl sites for hydroxylation is 2. The van der Waals surface area contributed by atoms with E-state index < -0.39 is 5.97 Å². The second-order valence-electron chi connectivity index (χ2n) is 4.39. The van der Waals surface area contributed by atoms with Crippen molar-refractivity contribution < 1.29 is 13.9 Å². The summed E-state index contributed by atoms with van der Waals surface area (Å²) in [6.07, 6.45) is 0.616. The van der Waals surface area contributed by atoms with Gasteiger partial charge >= 0.3 is 5.97 Å². The molecule has 0 atom stereocenters. The van der Waals surface area contributed by atoms with Gasteiger partial charge < -0.3 is 9.15 Å². The maximum Gasteiger partial charge on any atom is 0.376 e. The molecular formula is C15H16BrNO3. The zero-order valence-corrected chi connectivity index (χ0v) is 13.3. The molecule has 1 aromatic heterocycles. The Labute approximate surface area is 126 Å². The van der Waals surface area contributed by atoms with Gasteiger partial charge in [-0.15, -0.1) is 0 Å². The molecule has 0 aliphatic heterocycles. The number of benzene rings is 1. The molecule has 0 unspecified atom stereocenters. The summed E-state index contributed by atoms with van der Waals surface area (Å²) < 4.78 is 11.5. The van der Waals surface area contributed by atoms with Crippen molar-refractivity contribution in [2.75, 3.05) is 6.61 Å². The van der Waals surface area contributed by atoms with Crippen LogP contribution in [-0.2, 0) is 11.2 Å². The van der Waals surface area contributed by atoms with Gasteiger partial charge in [0.25, 0.3) is 0 Å². The highest BCUT2D eigenvalue weighted by atomic mass is 79.9. The summed E-state index contributed by atoms with van der Waals surface area (Å²) in [4.78, 5) is 16.2. The van der Waals surface area contributed by atoms with Gasteiger partial charge in [-0.05, 0) is 44.0 Å². The molecule has 2 aromatic rings. The summed E-state index contributed by atoms with van der Waals surface area (Å²) in [7, 11) is 0. The summed E-state index contributed by atoms with van der Waals surface area (Å²) in [5, 5.41) is 0. The second kappa shape index (κ2) is 6.22. The van der Waals surface area contributed by atoms with Crippen LogP contribution in [0, 0.1) is 6.92 Å². The Morgan fingerprint density at radius 1 is 1.35 bits per heavy atom. The predicted molar refractivity (Wildman–Crippen MR) is 79.7 cm³/mol. The number of hydrogen-bond donors (Lipinski definition) is 0. The summed E-state index contributed by atoms with van der Waals surface area (Å²) in [5.74, 6) is 0.172. The first-order valence-electron chi connectivity index (χ1n) is 6.49. The van der Waals surface area contributed by atoms with Gasteiger partial charge in [-0.2, -0.15) is 0 Å². The predicted octanol–water partition coefficient (Wildman–Crippen LogP) is 4.15. The van der Waals surface area contributed by atoms with E-state index in [-0.39, 0.29) is 5.76 Å². The third kappa shape index (κ3) is 3.10. The molecule has 106 valence electrons. The van der Waals surface area contributed by atoms with Crippen molar-refractivity contribution in [3.63, 3.8) is 0 Å². The summed E-state index contributed by atoms with van der Waals surface area (Å²) in [5.41, 5.74) is 2.54. The van der Waals surface area contributed by atoms with Crippen molar-refractivity contribution in [2.24, 2.45) is 0 Å². The number of ether oxygens (including phenoxy) is 1. The number of esters is 1. The van der Waals surface area contributed by atoms with Crippen molar-refractivity contribution in [2.45, 2.75) is 27.2 Å². The van der Waals surface area contributed by atoms with Crippen LogP contribution in [0.3, 0.4) is 0 Å². The van der Waals surface area contributed by atoms with Gasteiger partial charge in [0.2, 0.25) is 11.7 Å². The first-order chi connectivity index (χ1) is 9.55. The molecule has 20 heavy (non-hydrogen) atoms. The third-order valence-corrected chi connectivity index (χ3v) is 3.24. The summed E-state index contributed by atoms with van der Waals surface area (Å²) >= 11 is 3.45. The molecule has 0 saturated carbocycles. The molecule has 1 heterocycles. The molecule has 0 saturated heterocycles. The lowest BCUT2D eigenvalue weighted by atomic mass is 10.1. The number of hydrogen-bond acceptors (Lipinski definition) is 4. The minimum absolute atomic E-state index is 0.196. The molecule has 0 aliphatic rings. The number of aromatic nitrogens is 1. The van der Waals surface area contributed by atoms with Crippen molar-refractivity contribution >= 4 is 21.9 Å². The van der Waals surface area contributed by atoms with Gasteiger partial charge in [0, 0.05) is 10.0 Å². The Morgan fingerprint density at radius 2 is 2.10 bits per heavy atom. The zero-order valence-electron chi connectivity index (χ0n) is 11.7. The molecule has 0 N–H and O–H groups in total. The van der Waals surface area contributed by atoms with Gasteiger partial charge in [-0.1, -0.05) is 22.9 Å². The summed E-state index contributed by atoms with van der Waals surface area (Å²) in [6, 6.07) is 5.87. The summed E-state index contributed by atoms with van der Waals surface area (Å²) in [6.45, 7) is 5.99. The molecule has 1 aromatic carbocycles. The maximum absolute atomic E-state index is 11.8. The first kappa shape index (κ1) is 14.8. The standard InChI is InChI=1S/C15H16BrNO3/c1-4-12-13(15(18)19-5-2)20-14(17-12)10-6-9(3)7-11(16)8-10/h6-8H,4-5H2,1-3H3. The maximum atomic E-state index is 11.8. The van der Waals surface area contributed by atoms with E-state index in [1.807, 2.05) is 32.0 Å². The quantitative estimate of drug-likeness (QED) is 0.786. The molecule has 2 rings (SSSR count). The van der Waals surface area contributed by atoms with Crippen LogP contribution in [0.2, 0.25) is 0 Å². The van der Waals surface area contributed by atoms with Crippen LogP contribution in [-0.4, -0.2) is 17.6 Å². The molecule has 5 heteroatoms. The highest BCUT2D eigenvalue weighted by Crippen LogP contribution is 2.27. The van der Waals surface area contributed by atoms with Crippen LogP contribution in [0.25, 0.3) is 11.5 Å².